The third kappa shape index (κ3) is 3.26. The Labute approximate surface area is 107 Å². The van der Waals surface area contributed by atoms with Crippen molar-refractivity contribution in [2.24, 2.45) is 11.7 Å². The number of hydrogen-bond donors (Lipinski definition) is 2. The van der Waals surface area contributed by atoms with Crippen LogP contribution in [0.1, 0.15) is 37.1 Å². The van der Waals surface area contributed by atoms with E-state index in [2.05, 4.69) is 15.3 Å². The number of carbonyl (C=O) groups is 1. The maximum atomic E-state index is 12.0. The number of carbonyl (C=O) groups excluding carboxylic acids is 1. The van der Waals surface area contributed by atoms with E-state index in [0.717, 1.165) is 37.1 Å². The zero-order valence-electron chi connectivity index (χ0n) is 10.7. The summed E-state index contributed by atoms with van der Waals surface area (Å²) in [5, 5.41) is 2.90. The normalized spacial score (nSPS) is 23.7. The van der Waals surface area contributed by atoms with E-state index in [9.17, 15) is 4.79 Å². The van der Waals surface area contributed by atoms with Crippen LogP contribution in [0.3, 0.4) is 0 Å². The molecule has 1 heterocycles. The van der Waals surface area contributed by atoms with Gasteiger partial charge in [0.2, 0.25) is 5.91 Å². The van der Waals surface area contributed by atoms with E-state index in [1.807, 2.05) is 6.92 Å². The number of aryl methyl sites for hydroxylation is 1. The molecule has 0 aromatic carbocycles. The Balaban J connectivity index is 1.85. The molecule has 2 atom stereocenters. The second-order valence-corrected chi connectivity index (χ2v) is 4.92. The molecule has 1 aromatic heterocycles. The van der Waals surface area contributed by atoms with Crippen molar-refractivity contribution >= 4 is 5.91 Å². The van der Waals surface area contributed by atoms with Gasteiger partial charge in [0.15, 0.2) is 0 Å². The monoisotopic (exact) mass is 248 g/mol. The van der Waals surface area contributed by atoms with Crippen LogP contribution >= 0.6 is 0 Å². The van der Waals surface area contributed by atoms with Gasteiger partial charge >= 0.3 is 0 Å². The zero-order valence-corrected chi connectivity index (χ0v) is 10.7. The van der Waals surface area contributed by atoms with Gasteiger partial charge in [-0.25, -0.2) is 0 Å². The van der Waals surface area contributed by atoms with Gasteiger partial charge in [-0.3, -0.25) is 14.8 Å². The summed E-state index contributed by atoms with van der Waals surface area (Å²) in [6.07, 6.45) is 7.46. The van der Waals surface area contributed by atoms with Crippen LogP contribution in [0.25, 0.3) is 0 Å². The standard InChI is InChI=1S/C13H20N4O/c1-9-6-16-10(7-15-9)8-17-13(18)11-4-2-3-5-12(11)14/h6-7,11-12H,2-5,8,14H2,1H3,(H,17,18). The molecule has 0 bridgehead atoms. The first-order valence-corrected chi connectivity index (χ1v) is 6.47. The van der Waals surface area contributed by atoms with Crippen LogP contribution in [0.5, 0.6) is 0 Å². The van der Waals surface area contributed by atoms with Crippen molar-refractivity contribution in [1.82, 2.24) is 15.3 Å². The Morgan fingerprint density at radius 2 is 2.17 bits per heavy atom. The third-order valence-corrected chi connectivity index (χ3v) is 3.43. The second-order valence-electron chi connectivity index (χ2n) is 4.92. The molecule has 1 saturated carbocycles. The molecule has 1 aliphatic carbocycles. The predicted octanol–water partition coefficient (Wildman–Crippen LogP) is 0.919. The van der Waals surface area contributed by atoms with E-state index in [1.165, 1.54) is 0 Å². The van der Waals surface area contributed by atoms with E-state index in [0.29, 0.717) is 6.54 Å². The summed E-state index contributed by atoms with van der Waals surface area (Å²) < 4.78 is 0. The van der Waals surface area contributed by atoms with Crippen LogP contribution in [0.2, 0.25) is 0 Å². The van der Waals surface area contributed by atoms with E-state index < -0.39 is 0 Å². The van der Waals surface area contributed by atoms with Crippen molar-refractivity contribution in [3.8, 4) is 0 Å². The quantitative estimate of drug-likeness (QED) is 0.833. The van der Waals surface area contributed by atoms with E-state index in [4.69, 9.17) is 5.73 Å². The van der Waals surface area contributed by atoms with Crippen LogP contribution in [-0.2, 0) is 11.3 Å². The van der Waals surface area contributed by atoms with Crippen molar-refractivity contribution in [1.29, 1.82) is 0 Å². The lowest BCUT2D eigenvalue weighted by Crippen LogP contribution is -2.43. The van der Waals surface area contributed by atoms with Gasteiger partial charge in [0, 0.05) is 12.2 Å². The Morgan fingerprint density at radius 1 is 1.39 bits per heavy atom. The van der Waals surface area contributed by atoms with Crippen LogP contribution in [-0.4, -0.2) is 21.9 Å². The van der Waals surface area contributed by atoms with Crippen LogP contribution in [0.4, 0.5) is 0 Å². The summed E-state index contributed by atoms with van der Waals surface area (Å²) in [4.78, 5) is 20.4. The lowest BCUT2D eigenvalue weighted by Gasteiger charge is -2.27. The molecule has 0 spiro atoms. The third-order valence-electron chi connectivity index (χ3n) is 3.43. The smallest absolute Gasteiger partial charge is 0.224 e. The minimum absolute atomic E-state index is 0.00264. The summed E-state index contributed by atoms with van der Waals surface area (Å²) in [7, 11) is 0. The Hall–Kier alpha value is -1.49. The highest BCUT2D eigenvalue weighted by molar-refractivity contribution is 5.79. The molecule has 5 heteroatoms. The number of amides is 1. The maximum Gasteiger partial charge on any atom is 0.224 e. The summed E-state index contributed by atoms with van der Waals surface area (Å²) >= 11 is 0. The van der Waals surface area contributed by atoms with Gasteiger partial charge in [-0.15, -0.1) is 0 Å². The summed E-state index contributed by atoms with van der Waals surface area (Å²) in [6, 6.07) is 0.00264. The van der Waals surface area contributed by atoms with Gasteiger partial charge < -0.3 is 11.1 Å². The number of nitrogens with one attached hydrogen (secondary N) is 1. The van der Waals surface area contributed by atoms with Crippen molar-refractivity contribution in [2.75, 3.05) is 0 Å². The average Bonchev–Trinajstić information content (AvgIpc) is 2.38. The fourth-order valence-electron chi connectivity index (χ4n) is 2.30. The van der Waals surface area contributed by atoms with E-state index in [-0.39, 0.29) is 17.9 Å². The molecular weight excluding hydrogens is 228 g/mol. The molecule has 0 saturated heterocycles. The van der Waals surface area contributed by atoms with Gasteiger partial charge in [0.05, 0.1) is 30.0 Å². The van der Waals surface area contributed by atoms with Gasteiger partial charge in [-0.05, 0) is 19.8 Å². The molecule has 1 fully saturated rings. The summed E-state index contributed by atoms with van der Waals surface area (Å²) in [6.45, 7) is 2.31. The molecule has 5 nitrogen and oxygen atoms in total. The molecule has 2 rings (SSSR count). The molecule has 2 unspecified atom stereocenters. The number of rotatable bonds is 3. The topological polar surface area (TPSA) is 80.9 Å². The highest BCUT2D eigenvalue weighted by atomic mass is 16.1. The minimum Gasteiger partial charge on any atom is -0.350 e. The number of nitrogens with zero attached hydrogens (tertiary/aromatic N) is 2. The van der Waals surface area contributed by atoms with Crippen LogP contribution in [0.15, 0.2) is 12.4 Å². The fraction of sp³-hybridized carbons (Fsp3) is 0.615. The van der Waals surface area contributed by atoms with Gasteiger partial charge in [0.1, 0.15) is 0 Å². The van der Waals surface area contributed by atoms with E-state index in [1.54, 1.807) is 12.4 Å². The molecule has 0 aliphatic heterocycles. The van der Waals surface area contributed by atoms with Gasteiger partial charge in [-0.1, -0.05) is 12.8 Å². The fourth-order valence-corrected chi connectivity index (χ4v) is 2.30. The largest absolute Gasteiger partial charge is 0.350 e. The van der Waals surface area contributed by atoms with Crippen molar-refractivity contribution < 1.29 is 4.79 Å². The van der Waals surface area contributed by atoms with Crippen LogP contribution in [0, 0.1) is 12.8 Å². The van der Waals surface area contributed by atoms with E-state index >= 15 is 0 Å². The van der Waals surface area contributed by atoms with Crippen molar-refractivity contribution in [2.45, 2.75) is 45.2 Å². The molecule has 98 valence electrons. The first-order valence-electron chi connectivity index (χ1n) is 6.47. The summed E-state index contributed by atoms with van der Waals surface area (Å²) in [5.41, 5.74) is 7.63. The lowest BCUT2D eigenvalue weighted by atomic mass is 9.84. The minimum atomic E-state index is -0.0443. The van der Waals surface area contributed by atoms with Gasteiger partial charge in [0.25, 0.3) is 0 Å². The number of nitrogens with two attached hydrogens (primary N) is 1. The Morgan fingerprint density at radius 3 is 2.83 bits per heavy atom. The molecule has 3 N–H and O–H groups in total. The lowest BCUT2D eigenvalue weighted by molar-refractivity contribution is -0.126. The highest BCUT2D eigenvalue weighted by Crippen LogP contribution is 2.22. The molecular formula is C13H20N4O. The predicted molar refractivity (Wildman–Crippen MR) is 68.5 cm³/mol. The van der Waals surface area contributed by atoms with Crippen LogP contribution < -0.4 is 11.1 Å². The number of aromatic nitrogens is 2. The molecule has 0 radical (unpaired) electrons. The maximum absolute atomic E-state index is 12.0. The summed E-state index contributed by atoms with van der Waals surface area (Å²) in [5.74, 6) is 0.00160. The first-order chi connectivity index (χ1) is 8.66. The first kappa shape index (κ1) is 13.0. The molecule has 1 aliphatic rings. The molecule has 1 amide bonds. The zero-order chi connectivity index (χ0) is 13.0. The highest BCUT2D eigenvalue weighted by Gasteiger charge is 2.27. The SMILES string of the molecule is Cc1cnc(CNC(=O)C2CCCCC2N)cn1. The van der Waals surface area contributed by atoms with Gasteiger partial charge in [-0.2, -0.15) is 0 Å². The molecule has 1 aromatic rings. The number of hydrogen-bond acceptors (Lipinski definition) is 4. The molecule has 18 heavy (non-hydrogen) atoms. The average molecular weight is 248 g/mol. The van der Waals surface area contributed by atoms with Crippen molar-refractivity contribution in [3.63, 3.8) is 0 Å². The Bertz CT molecular complexity index is 404. The Kier molecular flexibility index (Phi) is 4.25. The van der Waals surface area contributed by atoms with Crippen molar-refractivity contribution in [3.05, 3.63) is 23.8 Å². The second kappa shape index (κ2) is 5.91.